The van der Waals surface area contributed by atoms with Crippen LogP contribution in [0.3, 0.4) is 0 Å². The van der Waals surface area contributed by atoms with Crippen LogP contribution in [0.5, 0.6) is 0 Å². The molecule has 0 unspecified atom stereocenters. The normalized spacial score (nSPS) is 19.6. The first-order valence-electron chi connectivity index (χ1n) is 8.01. The topological polar surface area (TPSA) is 57.6 Å². The molecule has 3 rings (SSSR count). The van der Waals surface area contributed by atoms with E-state index >= 15 is 0 Å². The summed E-state index contributed by atoms with van der Waals surface area (Å²) in [5.41, 5.74) is 1.19. The zero-order valence-corrected chi connectivity index (χ0v) is 15.6. The first-order chi connectivity index (χ1) is 12.4. The molecule has 1 amide bonds. The highest BCUT2D eigenvalue weighted by molar-refractivity contribution is 7.98. The van der Waals surface area contributed by atoms with Crippen LogP contribution in [-0.2, 0) is 4.79 Å². The van der Waals surface area contributed by atoms with Crippen LogP contribution in [0.25, 0.3) is 0 Å². The number of rotatable bonds is 4. The van der Waals surface area contributed by atoms with Gasteiger partial charge in [0.15, 0.2) is 0 Å². The fraction of sp³-hybridized carbons (Fsp3) is 0.263. The predicted octanol–water partition coefficient (Wildman–Crippen LogP) is 4.14. The molecule has 2 atom stereocenters. The molecule has 1 aliphatic heterocycles. The number of carboxylic acid groups (broad SMARTS) is 1. The molecule has 1 N–H and O–H groups in total. The summed E-state index contributed by atoms with van der Waals surface area (Å²) in [7, 11) is 0. The number of nitrogens with zero attached hydrogens (tertiary/aromatic N) is 1. The second-order valence-corrected chi connectivity index (χ2v) is 7.45. The highest BCUT2D eigenvalue weighted by Gasteiger charge is 2.40. The van der Waals surface area contributed by atoms with Crippen LogP contribution in [0.1, 0.15) is 21.8 Å². The van der Waals surface area contributed by atoms with E-state index in [4.69, 9.17) is 11.6 Å². The number of halogens is 2. The molecule has 4 nitrogen and oxygen atoms in total. The van der Waals surface area contributed by atoms with E-state index in [0.717, 1.165) is 5.56 Å². The van der Waals surface area contributed by atoms with Gasteiger partial charge in [-0.05, 0) is 42.2 Å². The molecule has 0 aliphatic carbocycles. The number of thioether (sulfide) groups is 1. The number of carbonyl (C=O) groups is 2. The lowest BCUT2D eigenvalue weighted by molar-refractivity contribution is -0.141. The summed E-state index contributed by atoms with van der Waals surface area (Å²) in [6.07, 6.45) is 1.74. The van der Waals surface area contributed by atoms with Gasteiger partial charge >= 0.3 is 5.97 Å². The molecule has 0 spiro atoms. The minimum atomic E-state index is -0.941. The molecule has 0 radical (unpaired) electrons. The Morgan fingerprint density at radius 3 is 2.50 bits per heavy atom. The number of aliphatic carboxylic acids is 1. The molecular formula is C19H17ClFNO3S. The van der Waals surface area contributed by atoms with Gasteiger partial charge in [0, 0.05) is 34.5 Å². The van der Waals surface area contributed by atoms with Gasteiger partial charge in [-0.15, -0.1) is 11.8 Å². The van der Waals surface area contributed by atoms with Crippen LogP contribution in [0.15, 0.2) is 47.4 Å². The quantitative estimate of drug-likeness (QED) is 0.793. The third-order valence-corrected chi connectivity index (χ3v) is 5.63. The molecule has 1 saturated heterocycles. The first-order valence-corrected chi connectivity index (χ1v) is 9.62. The molecule has 7 heteroatoms. The number of carbonyl (C=O) groups excluding carboxylic acids is 1. The number of benzene rings is 2. The summed E-state index contributed by atoms with van der Waals surface area (Å²) in [5, 5.41) is 10.1. The van der Waals surface area contributed by atoms with Gasteiger partial charge in [-0.1, -0.05) is 23.7 Å². The Morgan fingerprint density at radius 1 is 1.19 bits per heavy atom. The van der Waals surface area contributed by atoms with Crippen molar-refractivity contribution in [1.29, 1.82) is 0 Å². The Balaban J connectivity index is 1.86. The van der Waals surface area contributed by atoms with E-state index in [1.807, 2.05) is 0 Å². The summed E-state index contributed by atoms with van der Waals surface area (Å²) in [6, 6.07) is 11.2. The van der Waals surface area contributed by atoms with E-state index in [9.17, 15) is 19.1 Å². The molecule has 0 bridgehead atoms. The average Bonchev–Trinajstić information content (AvgIpc) is 3.08. The molecule has 1 aliphatic rings. The highest BCUT2D eigenvalue weighted by Crippen LogP contribution is 2.34. The standard InChI is InChI=1S/C19H17ClFNO3S/c1-26-17-8-12(4-7-16(17)21)18(23)22-9-14(15(10-22)19(24)25)11-2-5-13(20)6-3-11/h2-8,14-15H,9-10H2,1H3,(H,24,25)/t14-,15+/m0/s1. The van der Waals surface area contributed by atoms with E-state index < -0.39 is 11.9 Å². The number of carboxylic acids is 1. The van der Waals surface area contributed by atoms with Crippen molar-refractivity contribution in [2.45, 2.75) is 10.8 Å². The Bertz CT molecular complexity index is 843. The molecule has 136 valence electrons. The lowest BCUT2D eigenvalue weighted by Crippen LogP contribution is -2.30. The van der Waals surface area contributed by atoms with Gasteiger partial charge in [0.2, 0.25) is 0 Å². The fourth-order valence-corrected chi connectivity index (χ4v) is 3.88. The molecule has 2 aromatic rings. The molecular weight excluding hydrogens is 377 g/mol. The van der Waals surface area contributed by atoms with Crippen molar-refractivity contribution >= 4 is 35.2 Å². The van der Waals surface area contributed by atoms with Crippen molar-refractivity contribution in [3.63, 3.8) is 0 Å². The second-order valence-electron chi connectivity index (χ2n) is 6.16. The fourth-order valence-electron chi connectivity index (χ4n) is 3.24. The number of hydrogen-bond acceptors (Lipinski definition) is 3. The predicted molar refractivity (Wildman–Crippen MR) is 99.4 cm³/mol. The van der Waals surface area contributed by atoms with Gasteiger partial charge in [-0.25, -0.2) is 4.39 Å². The lowest BCUT2D eigenvalue weighted by Gasteiger charge is -2.17. The van der Waals surface area contributed by atoms with E-state index in [1.165, 1.54) is 34.9 Å². The van der Waals surface area contributed by atoms with Crippen molar-refractivity contribution in [3.8, 4) is 0 Å². The van der Waals surface area contributed by atoms with E-state index in [2.05, 4.69) is 0 Å². The van der Waals surface area contributed by atoms with E-state index in [0.29, 0.717) is 22.0 Å². The summed E-state index contributed by atoms with van der Waals surface area (Å²) >= 11 is 7.13. The maximum atomic E-state index is 13.7. The monoisotopic (exact) mass is 393 g/mol. The maximum absolute atomic E-state index is 13.7. The number of likely N-dealkylation sites (tertiary alicyclic amines) is 1. The summed E-state index contributed by atoms with van der Waals surface area (Å²) < 4.78 is 13.7. The van der Waals surface area contributed by atoms with Gasteiger partial charge in [-0.2, -0.15) is 0 Å². The zero-order valence-electron chi connectivity index (χ0n) is 14.0. The average molecular weight is 394 g/mol. The first kappa shape index (κ1) is 18.7. The van der Waals surface area contributed by atoms with Gasteiger partial charge in [0.05, 0.1) is 5.92 Å². The Morgan fingerprint density at radius 2 is 1.88 bits per heavy atom. The number of hydrogen-bond donors (Lipinski definition) is 1. The molecule has 2 aromatic carbocycles. The van der Waals surface area contributed by atoms with Crippen LogP contribution in [0.4, 0.5) is 4.39 Å². The van der Waals surface area contributed by atoms with Crippen molar-refractivity contribution in [1.82, 2.24) is 4.90 Å². The van der Waals surface area contributed by atoms with Crippen LogP contribution in [0.2, 0.25) is 5.02 Å². The number of amides is 1. The largest absolute Gasteiger partial charge is 0.481 e. The van der Waals surface area contributed by atoms with Crippen molar-refractivity contribution < 1.29 is 19.1 Å². The molecule has 1 fully saturated rings. The van der Waals surface area contributed by atoms with Crippen LogP contribution < -0.4 is 0 Å². The van der Waals surface area contributed by atoms with Crippen LogP contribution >= 0.6 is 23.4 Å². The van der Waals surface area contributed by atoms with Crippen LogP contribution in [0, 0.1) is 11.7 Å². The van der Waals surface area contributed by atoms with Gasteiger partial charge in [0.25, 0.3) is 5.91 Å². The molecule has 0 aromatic heterocycles. The third-order valence-electron chi connectivity index (χ3n) is 4.62. The van der Waals surface area contributed by atoms with Gasteiger partial charge < -0.3 is 10.0 Å². The third kappa shape index (κ3) is 3.71. The lowest BCUT2D eigenvalue weighted by atomic mass is 9.89. The smallest absolute Gasteiger partial charge is 0.308 e. The Hall–Kier alpha value is -2.05. The van der Waals surface area contributed by atoms with E-state index in [-0.39, 0.29) is 24.2 Å². The van der Waals surface area contributed by atoms with Crippen molar-refractivity contribution in [3.05, 3.63) is 64.4 Å². The molecule has 1 heterocycles. The van der Waals surface area contributed by atoms with Crippen LogP contribution in [-0.4, -0.2) is 41.2 Å². The van der Waals surface area contributed by atoms with Gasteiger partial charge in [-0.3, -0.25) is 9.59 Å². The Kier molecular flexibility index (Phi) is 5.53. The maximum Gasteiger partial charge on any atom is 0.308 e. The van der Waals surface area contributed by atoms with Crippen molar-refractivity contribution in [2.75, 3.05) is 19.3 Å². The van der Waals surface area contributed by atoms with Gasteiger partial charge in [0.1, 0.15) is 5.82 Å². The SMILES string of the molecule is CSc1cc(C(=O)N2C[C@@H](C(=O)O)[C@H](c3ccc(Cl)cc3)C2)ccc1F. The zero-order chi connectivity index (χ0) is 18.8. The minimum Gasteiger partial charge on any atom is -0.481 e. The highest BCUT2D eigenvalue weighted by atomic mass is 35.5. The summed E-state index contributed by atoms with van der Waals surface area (Å²) in [6.45, 7) is 0.414. The molecule has 26 heavy (non-hydrogen) atoms. The van der Waals surface area contributed by atoms with E-state index in [1.54, 1.807) is 30.5 Å². The summed E-state index contributed by atoms with van der Waals surface area (Å²) in [5.74, 6) is -2.61. The Labute approximate surface area is 160 Å². The van der Waals surface area contributed by atoms with Crippen molar-refractivity contribution in [2.24, 2.45) is 5.92 Å². The molecule has 0 saturated carbocycles. The minimum absolute atomic E-state index is 0.118. The second kappa shape index (κ2) is 7.68. The summed E-state index contributed by atoms with van der Waals surface area (Å²) in [4.78, 5) is 26.4.